The van der Waals surface area contributed by atoms with Gasteiger partial charge in [0.25, 0.3) is 11.1 Å². The minimum Gasteiger partial charge on any atom is -0.271 e. The summed E-state index contributed by atoms with van der Waals surface area (Å²) in [6.45, 7) is 4.26. The van der Waals surface area contributed by atoms with Crippen LogP contribution in [0.3, 0.4) is 0 Å². The van der Waals surface area contributed by atoms with Crippen LogP contribution in [-0.4, -0.2) is 28.5 Å². The van der Waals surface area contributed by atoms with Gasteiger partial charge in [-0.3, -0.25) is 14.2 Å². The van der Waals surface area contributed by atoms with Gasteiger partial charge in [0.2, 0.25) is 5.95 Å². The molecule has 8 nitrogen and oxygen atoms in total. The van der Waals surface area contributed by atoms with E-state index in [1.165, 1.54) is 4.52 Å². The van der Waals surface area contributed by atoms with Crippen LogP contribution in [-0.2, 0) is 5.41 Å². The van der Waals surface area contributed by atoms with Crippen molar-refractivity contribution < 1.29 is 0 Å². The summed E-state index contributed by atoms with van der Waals surface area (Å²) in [5.74, 6) is 1.26. The largest absolute Gasteiger partial charge is 0.299 e. The summed E-state index contributed by atoms with van der Waals surface area (Å²) < 4.78 is 4.95. The number of hydrogen-bond donors (Lipinski definition) is 0. The van der Waals surface area contributed by atoms with Crippen LogP contribution in [0, 0.1) is 0 Å². The summed E-state index contributed by atoms with van der Waals surface area (Å²) in [6.07, 6.45) is 0. The summed E-state index contributed by atoms with van der Waals surface area (Å²) in [6, 6.07) is 43.8. The van der Waals surface area contributed by atoms with Gasteiger partial charge in [-0.2, -0.15) is 14.5 Å². The molecule has 0 radical (unpaired) electrons. The molecule has 5 aromatic carbocycles. The zero-order valence-corrected chi connectivity index (χ0v) is 27.2. The highest BCUT2D eigenvalue weighted by atomic mass is 16.2. The van der Waals surface area contributed by atoms with Gasteiger partial charge < -0.3 is 0 Å². The standard InChI is InChI=1S/C42H28N6O2/c1-42(2)31-24-28(25-14-6-3-7-15-25)22-23-29(31)33-36(42)47-34-30-20-12-13-21-32(30)46(35(34)40(50)48(47)39(33)49)41-44-37(26-16-8-4-9-17-26)43-38(45-41)27-18-10-5-11-19-27/h3-24H,1-2H3. The van der Waals surface area contributed by atoms with Crippen LogP contribution in [0.15, 0.2) is 143 Å². The van der Waals surface area contributed by atoms with E-state index in [1.807, 2.05) is 114 Å². The topological polar surface area (TPSA) is 86.6 Å². The highest BCUT2D eigenvalue weighted by Crippen LogP contribution is 2.49. The molecule has 0 spiro atoms. The average molecular weight is 649 g/mol. The Labute approximate surface area is 285 Å². The quantitative estimate of drug-likeness (QED) is 0.195. The minimum absolute atomic E-state index is 0.300. The lowest BCUT2D eigenvalue weighted by atomic mass is 9.84. The Bertz CT molecular complexity index is 2870. The van der Waals surface area contributed by atoms with Crippen molar-refractivity contribution >= 4 is 21.9 Å². The van der Waals surface area contributed by atoms with E-state index in [0.717, 1.165) is 50.0 Å². The molecule has 4 aromatic heterocycles. The Hall–Kier alpha value is -6.67. The monoisotopic (exact) mass is 648 g/mol. The third-order valence-corrected chi connectivity index (χ3v) is 10.1. The summed E-state index contributed by atoms with van der Waals surface area (Å²) in [7, 11) is 0. The molecule has 0 saturated heterocycles. The van der Waals surface area contributed by atoms with Gasteiger partial charge in [0.1, 0.15) is 11.0 Å². The summed E-state index contributed by atoms with van der Waals surface area (Å²) in [5.41, 5.74) is 7.52. The van der Waals surface area contributed by atoms with Crippen molar-refractivity contribution in [3.05, 3.63) is 165 Å². The smallest absolute Gasteiger partial charge is 0.271 e. The maximum absolute atomic E-state index is 14.7. The molecular formula is C42H28N6O2. The molecule has 0 saturated carbocycles. The molecule has 0 unspecified atom stereocenters. The van der Waals surface area contributed by atoms with Gasteiger partial charge in [-0.05, 0) is 34.4 Å². The zero-order valence-electron chi connectivity index (χ0n) is 27.2. The Morgan fingerprint density at radius 2 is 1.12 bits per heavy atom. The molecule has 1 aliphatic carbocycles. The Morgan fingerprint density at radius 1 is 0.540 bits per heavy atom. The summed E-state index contributed by atoms with van der Waals surface area (Å²) in [4.78, 5) is 44.0. The third kappa shape index (κ3) is 3.78. The van der Waals surface area contributed by atoms with Crippen molar-refractivity contribution in [1.29, 1.82) is 0 Å². The number of nitrogens with zero attached hydrogens (tertiary/aromatic N) is 6. The van der Waals surface area contributed by atoms with Gasteiger partial charge in [0, 0.05) is 21.9 Å². The van der Waals surface area contributed by atoms with Gasteiger partial charge in [0.05, 0.1) is 16.8 Å². The first-order valence-electron chi connectivity index (χ1n) is 16.6. The van der Waals surface area contributed by atoms with E-state index in [1.54, 1.807) is 4.57 Å². The maximum Gasteiger partial charge on any atom is 0.299 e. The lowest BCUT2D eigenvalue weighted by molar-refractivity contribution is 0.605. The maximum atomic E-state index is 14.7. The fourth-order valence-electron chi connectivity index (χ4n) is 7.78. The number of aromatic nitrogens is 6. The van der Waals surface area contributed by atoms with Gasteiger partial charge in [0.15, 0.2) is 11.6 Å². The second kappa shape index (κ2) is 10.2. The Kier molecular flexibility index (Phi) is 5.77. The number of hydrogen-bond acceptors (Lipinski definition) is 5. The normalized spacial score (nSPS) is 13.3. The second-order valence-corrected chi connectivity index (χ2v) is 13.3. The van der Waals surface area contributed by atoms with Crippen LogP contribution in [0.2, 0.25) is 0 Å². The number of benzene rings is 5. The molecule has 50 heavy (non-hydrogen) atoms. The molecule has 0 atom stereocenters. The van der Waals surface area contributed by atoms with Crippen molar-refractivity contribution in [2.75, 3.05) is 0 Å². The Balaban J connectivity index is 1.29. The van der Waals surface area contributed by atoms with E-state index >= 15 is 0 Å². The van der Waals surface area contributed by atoms with Crippen LogP contribution in [0.4, 0.5) is 0 Å². The Morgan fingerprint density at radius 3 is 1.76 bits per heavy atom. The minimum atomic E-state index is -0.584. The fourth-order valence-corrected chi connectivity index (χ4v) is 7.78. The van der Waals surface area contributed by atoms with Crippen molar-refractivity contribution in [2.45, 2.75) is 19.3 Å². The molecule has 0 amide bonds. The van der Waals surface area contributed by atoms with Crippen LogP contribution >= 0.6 is 0 Å². The van der Waals surface area contributed by atoms with E-state index in [0.29, 0.717) is 34.2 Å². The lowest BCUT2D eigenvalue weighted by Crippen LogP contribution is -2.25. The van der Waals surface area contributed by atoms with Crippen molar-refractivity contribution in [3.63, 3.8) is 0 Å². The second-order valence-electron chi connectivity index (χ2n) is 13.3. The van der Waals surface area contributed by atoms with E-state index in [9.17, 15) is 9.59 Å². The predicted molar refractivity (Wildman–Crippen MR) is 196 cm³/mol. The van der Waals surface area contributed by atoms with Gasteiger partial charge in [-0.1, -0.05) is 135 Å². The van der Waals surface area contributed by atoms with E-state index < -0.39 is 11.0 Å². The first kappa shape index (κ1) is 28.4. The van der Waals surface area contributed by atoms with Crippen molar-refractivity contribution in [2.24, 2.45) is 0 Å². The predicted octanol–water partition coefficient (Wildman–Crippen LogP) is 7.79. The number of rotatable bonds is 4. The van der Waals surface area contributed by atoms with Gasteiger partial charge in [-0.25, -0.2) is 9.50 Å². The summed E-state index contributed by atoms with van der Waals surface area (Å²) >= 11 is 0. The lowest BCUT2D eigenvalue weighted by Gasteiger charge is -2.22. The first-order valence-corrected chi connectivity index (χ1v) is 16.6. The molecule has 0 bridgehead atoms. The number of fused-ring (bicyclic) bond motifs is 9. The molecular weight excluding hydrogens is 621 g/mol. The first-order chi connectivity index (χ1) is 24.4. The molecule has 0 N–H and O–H groups in total. The molecule has 0 aliphatic heterocycles. The fraction of sp³-hybridized carbons (Fsp3) is 0.0714. The average Bonchev–Trinajstić information content (AvgIpc) is 3.83. The van der Waals surface area contributed by atoms with Crippen molar-refractivity contribution in [3.8, 4) is 51.0 Å². The number of para-hydroxylation sites is 1. The zero-order chi connectivity index (χ0) is 33.7. The highest BCUT2D eigenvalue weighted by molar-refractivity contribution is 6.07. The molecule has 4 heterocycles. The van der Waals surface area contributed by atoms with Gasteiger partial charge in [-0.15, -0.1) is 0 Å². The van der Waals surface area contributed by atoms with Crippen LogP contribution < -0.4 is 11.1 Å². The van der Waals surface area contributed by atoms with E-state index in [-0.39, 0.29) is 5.56 Å². The highest BCUT2D eigenvalue weighted by Gasteiger charge is 2.43. The molecule has 8 heteroatoms. The molecule has 10 rings (SSSR count). The molecule has 0 fully saturated rings. The summed E-state index contributed by atoms with van der Waals surface area (Å²) in [5, 5.41) is 0.819. The van der Waals surface area contributed by atoms with Crippen LogP contribution in [0.25, 0.3) is 72.9 Å². The SMILES string of the molecule is CC1(C)c2cc(-c3ccccc3)ccc2-c2c1n1c3c4ccccc4n(-c4nc(-c5ccccc5)nc(-c5ccccc5)n4)c3c(=O)n1c2=O. The third-order valence-electron chi connectivity index (χ3n) is 10.1. The van der Waals surface area contributed by atoms with Crippen LogP contribution in [0.5, 0.6) is 0 Å². The molecule has 9 aromatic rings. The molecule has 1 aliphatic rings. The van der Waals surface area contributed by atoms with E-state index in [2.05, 4.69) is 38.1 Å². The van der Waals surface area contributed by atoms with Gasteiger partial charge >= 0.3 is 0 Å². The van der Waals surface area contributed by atoms with E-state index in [4.69, 9.17) is 15.0 Å². The molecule has 238 valence electrons. The van der Waals surface area contributed by atoms with Crippen molar-refractivity contribution in [1.82, 2.24) is 28.5 Å². The van der Waals surface area contributed by atoms with Crippen LogP contribution in [0.1, 0.15) is 25.1 Å².